The highest BCUT2D eigenvalue weighted by Gasteiger charge is 2.50. The fraction of sp³-hybridized carbons (Fsp3) is 0.667. The van der Waals surface area contributed by atoms with Crippen LogP contribution in [0.2, 0.25) is 0 Å². The molecule has 0 aromatic carbocycles. The van der Waals surface area contributed by atoms with Crippen molar-refractivity contribution in [1.82, 2.24) is 0 Å². The Morgan fingerprint density at radius 2 is 1.90 bits per heavy atom. The second kappa shape index (κ2) is 8.59. The number of ketones is 1. The molecule has 4 fully saturated rings. The number of rotatable bonds is 3. The molecule has 4 aliphatic carbocycles. The number of hydrogen-bond donors (Lipinski definition) is 2. The maximum Gasteiger partial charge on any atom is 0.158 e. The van der Waals surface area contributed by atoms with Crippen LogP contribution >= 0.6 is 0 Å². The molecule has 6 atom stereocenters. The van der Waals surface area contributed by atoms with Crippen molar-refractivity contribution >= 4 is 5.78 Å². The second-order valence-electron chi connectivity index (χ2n) is 10.5. The molecule has 3 nitrogen and oxygen atoms in total. The minimum Gasteiger partial charge on any atom is -0.393 e. The Hall–Kier alpha value is -1.45. The predicted octanol–water partition coefficient (Wildman–Crippen LogP) is 5.44. The van der Waals surface area contributed by atoms with Gasteiger partial charge >= 0.3 is 0 Å². The van der Waals surface area contributed by atoms with E-state index < -0.39 is 12.2 Å². The van der Waals surface area contributed by atoms with Gasteiger partial charge in [0.15, 0.2) is 5.78 Å². The lowest BCUT2D eigenvalue weighted by Crippen LogP contribution is -2.35. The molecule has 1 unspecified atom stereocenters. The Balaban J connectivity index is 1.54. The van der Waals surface area contributed by atoms with E-state index in [-0.39, 0.29) is 0 Å². The first kappa shape index (κ1) is 21.8. The van der Waals surface area contributed by atoms with Gasteiger partial charge in [0, 0.05) is 12.8 Å². The van der Waals surface area contributed by atoms with Gasteiger partial charge in [-0.05, 0) is 91.3 Å². The van der Waals surface area contributed by atoms with Crippen molar-refractivity contribution < 1.29 is 15.0 Å². The van der Waals surface area contributed by atoms with E-state index in [9.17, 15) is 15.0 Å². The Bertz CT molecular complexity index is 801. The highest BCUT2D eigenvalue weighted by Crippen LogP contribution is 2.59. The summed E-state index contributed by atoms with van der Waals surface area (Å²) in [7, 11) is 0. The second-order valence-corrected chi connectivity index (χ2v) is 10.5. The first-order valence-electron chi connectivity index (χ1n) is 12.0. The van der Waals surface area contributed by atoms with Gasteiger partial charge in [-0.15, -0.1) is 0 Å². The zero-order chi connectivity index (χ0) is 21.5. The number of allylic oxidation sites excluding steroid dienone is 5. The van der Waals surface area contributed by atoms with Crippen LogP contribution in [0.1, 0.15) is 78.1 Å². The summed E-state index contributed by atoms with van der Waals surface area (Å²) in [5.74, 6) is 2.06. The number of Topliss-reactive ketones (excluding diaryl/α,β-unsaturated/α-hetero) is 1. The van der Waals surface area contributed by atoms with E-state index in [0.717, 1.165) is 42.4 Å². The lowest BCUT2D eigenvalue weighted by molar-refractivity contribution is -0.114. The Morgan fingerprint density at radius 3 is 2.63 bits per heavy atom. The summed E-state index contributed by atoms with van der Waals surface area (Å²) < 4.78 is 0. The van der Waals surface area contributed by atoms with Crippen molar-refractivity contribution in [2.24, 2.45) is 23.2 Å². The number of carbonyl (C=O) groups excluding carboxylic acids is 1. The molecule has 0 aromatic heterocycles. The third-order valence-electron chi connectivity index (χ3n) is 8.61. The van der Waals surface area contributed by atoms with Crippen molar-refractivity contribution in [3.8, 4) is 0 Å². The number of aliphatic hydroxyl groups is 2. The molecule has 164 valence electrons. The normalized spacial score (nSPS) is 42.3. The largest absolute Gasteiger partial charge is 0.393 e. The quantitative estimate of drug-likeness (QED) is 0.609. The van der Waals surface area contributed by atoms with Crippen molar-refractivity contribution in [1.29, 1.82) is 0 Å². The van der Waals surface area contributed by atoms with Gasteiger partial charge in [0.25, 0.3) is 0 Å². The van der Waals surface area contributed by atoms with Crippen molar-refractivity contribution in [3.05, 3.63) is 47.1 Å². The van der Waals surface area contributed by atoms with Crippen LogP contribution in [0.25, 0.3) is 0 Å². The average Bonchev–Trinajstić information content (AvgIpc) is 3.26. The fourth-order valence-electron chi connectivity index (χ4n) is 6.96. The Labute approximate surface area is 181 Å². The maximum absolute atomic E-state index is 12.1. The monoisotopic (exact) mass is 410 g/mol. The molecule has 0 aliphatic heterocycles. The molecule has 3 heteroatoms. The molecule has 0 aromatic rings. The van der Waals surface area contributed by atoms with Gasteiger partial charge in [-0.3, -0.25) is 4.79 Å². The highest BCUT2D eigenvalue weighted by atomic mass is 16.3. The summed E-state index contributed by atoms with van der Waals surface area (Å²) in [4.78, 5) is 12.1. The Kier molecular flexibility index (Phi) is 6.23. The molecule has 0 heterocycles. The van der Waals surface area contributed by atoms with Crippen LogP contribution in [0.4, 0.5) is 0 Å². The smallest absolute Gasteiger partial charge is 0.158 e. The summed E-state index contributed by atoms with van der Waals surface area (Å²) in [6.07, 6.45) is 15.4. The third kappa shape index (κ3) is 4.03. The Morgan fingerprint density at radius 1 is 1.10 bits per heavy atom. The summed E-state index contributed by atoms with van der Waals surface area (Å²) in [5.41, 5.74) is 4.66. The number of fused-ring (bicyclic) bond motifs is 1. The van der Waals surface area contributed by atoms with E-state index in [1.165, 1.54) is 31.3 Å². The molecule has 0 spiro atoms. The van der Waals surface area contributed by atoms with Gasteiger partial charge in [-0.25, -0.2) is 0 Å². The van der Waals surface area contributed by atoms with Gasteiger partial charge in [-0.1, -0.05) is 44.2 Å². The first-order chi connectivity index (χ1) is 14.3. The molecule has 4 rings (SSSR count). The lowest BCUT2D eigenvalue weighted by atomic mass is 9.61. The molecule has 0 saturated heterocycles. The van der Waals surface area contributed by atoms with Crippen LogP contribution in [-0.2, 0) is 4.79 Å². The van der Waals surface area contributed by atoms with E-state index in [2.05, 4.69) is 38.7 Å². The van der Waals surface area contributed by atoms with Crippen LogP contribution in [0.3, 0.4) is 0 Å². The lowest BCUT2D eigenvalue weighted by Gasteiger charge is -2.44. The van der Waals surface area contributed by atoms with Gasteiger partial charge in [0.2, 0.25) is 0 Å². The van der Waals surface area contributed by atoms with E-state index in [0.29, 0.717) is 41.8 Å². The fourth-order valence-corrected chi connectivity index (χ4v) is 6.96. The first-order valence-corrected chi connectivity index (χ1v) is 12.0. The summed E-state index contributed by atoms with van der Waals surface area (Å²) in [5, 5.41) is 20.2. The van der Waals surface area contributed by atoms with Crippen LogP contribution in [0, 0.1) is 23.2 Å². The SMILES string of the molecule is C=C1C(=CC=C2CCC[C@@]3(C)C2CC[C@@H]3[C@H](C)C=C2CCCC2=O)C[C@@H](O)C[C@@H]1O. The minimum absolute atomic E-state index is 0.295. The van der Waals surface area contributed by atoms with Crippen molar-refractivity contribution in [2.75, 3.05) is 0 Å². The average molecular weight is 411 g/mol. The highest BCUT2D eigenvalue weighted by molar-refractivity contribution is 5.97. The third-order valence-corrected chi connectivity index (χ3v) is 8.61. The van der Waals surface area contributed by atoms with Crippen LogP contribution in [0.5, 0.6) is 0 Å². The van der Waals surface area contributed by atoms with Gasteiger partial charge in [0.1, 0.15) is 0 Å². The molecule has 0 radical (unpaired) electrons. The maximum atomic E-state index is 12.1. The van der Waals surface area contributed by atoms with Gasteiger partial charge in [0.05, 0.1) is 12.2 Å². The topological polar surface area (TPSA) is 57.5 Å². The molecule has 0 amide bonds. The molecule has 30 heavy (non-hydrogen) atoms. The van der Waals surface area contributed by atoms with E-state index in [4.69, 9.17) is 0 Å². The molecule has 0 bridgehead atoms. The van der Waals surface area contributed by atoms with Gasteiger partial charge in [-0.2, -0.15) is 0 Å². The molecule has 4 aliphatic rings. The number of carbonyl (C=O) groups is 1. The minimum atomic E-state index is -0.627. The molecular weight excluding hydrogens is 372 g/mol. The predicted molar refractivity (Wildman–Crippen MR) is 121 cm³/mol. The van der Waals surface area contributed by atoms with Crippen LogP contribution < -0.4 is 0 Å². The van der Waals surface area contributed by atoms with E-state index in [1.54, 1.807) is 0 Å². The van der Waals surface area contributed by atoms with Gasteiger partial charge < -0.3 is 10.2 Å². The number of hydrogen-bond acceptors (Lipinski definition) is 3. The zero-order valence-corrected chi connectivity index (χ0v) is 18.7. The van der Waals surface area contributed by atoms with E-state index in [1.807, 2.05) is 0 Å². The van der Waals surface area contributed by atoms with Crippen molar-refractivity contribution in [2.45, 2.75) is 90.3 Å². The molecule has 4 saturated carbocycles. The van der Waals surface area contributed by atoms with E-state index >= 15 is 0 Å². The summed E-state index contributed by atoms with van der Waals surface area (Å²) >= 11 is 0. The number of aliphatic hydroxyl groups excluding tert-OH is 2. The summed E-state index contributed by atoms with van der Waals surface area (Å²) in [6, 6.07) is 0. The van der Waals surface area contributed by atoms with Crippen molar-refractivity contribution in [3.63, 3.8) is 0 Å². The van der Waals surface area contributed by atoms with Crippen LogP contribution in [-0.4, -0.2) is 28.2 Å². The zero-order valence-electron chi connectivity index (χ0n) is 18.7. The molecular formula is C27H38O3. The van der Waals surface area contributed by atoms with Crippen LogP contribution in [0.15, 0.2) is 47.1 Å². The summed E-state index contributed by atoms with van der Waals surface area (Å²) in [6.45, 7) is 8.86. The molecule has 2 N–H and O–H groups in total. The standard InChI is InChI=1S/C27H38O3/c1-17(14-21-6-4-8-25(21)29)23-11-12-24-19(7-5-13-27(23,24)3)9-10-20-15-22(28)16-26(30)18(20)2/h9-10,14,17,22-24,26,28,30H,2,4-8,11-13,15-16H2,1,3H3/t17-,22-,23-,24?,26+,27-/m1/s1.